The van der Waals surface area contributed by atoms with E-state index in [4.69, 9.17) is 9.47 Å². The molecule has 108 valence electrons. The van der Waals surface area contributed by atoms with Crippen LogP contribution in [0.4, 0.5) is 0 Å². The highest BCUT2D eigenvalue weighted by atomic mass is 32.2. The summed E-state index contributed by atoms with van der Waals surface area (Å²) in [7, 11) is 0. The Labute approximate surface area is 121 Å². The maximum Gasteiger partial charge on any atom is 0.161 e. The Morgan fingerprint density at radius 2 is 1.79 bits per heavy atom. The van der Waals surface area contributed by atoms with Crippen LogP contribution in [0, 0.1) is 0 Å². The normalized spacial score (nSPS) is 12.2. The second kappa shape index (κ2) is 9.10. The quantitative estimate of drug-likeness (QED) is 0.751. The largest absolute Gasteiger partial charge is 0.490 e. The third kappa shape index (κ3) is 4.96. The van der Waals surface area contributed by atoms with E-state index < -0.39 is 0 Å². The van der Waals surface area contributed by atoms with Crippen LogP contribution < -0.4 is 14.8 Å². The van der Waals surface area contributed by atoms with Gasteiger partial charge in [0.15, 0.2) is 11.5 Å². The Kier molecular flexibility index (Phi) is 7.75. The minimum absolute atomic E-state index is 0.356. The van der Waals surface area contributed by atoms with E-state index in [2.05, 4.69) is 30.6 Å². The van der Waals surface area contributed by atoms with Crippen molar-refractivity contribution in [1.29, 1.82) is 0 Å². The van der Waals surface area contributed by atoms with E-state index in [1.54, 1.807) is 0 Å². The number of ether oxygens (including phenoxy) is 2. The first-order valence-corrected chi connectivity index (χ1v) is 8.27. The molecule has 1 unspecified atom stereocenters. The Balaban J connectivity index is 2.96. The fraction of sp³-hybridized carbons (Fsp3) is 0.600. The van der Waals surface area contributed by atoms with Gasteiger partial charge in [0.25, 0.3) is 0 Å². The SMILES string of the molecule is CCNC(CSC)c1ccc(OCC)c(OCC)c1. The van der Waals surface area contributed by atoms with Crippen LogP contribution in [0.15, 0.2) is 18.2 Å². The van der Waals surface area contributed by atoms with Crippen molar-refractivity contribution in [2.75, 3.05) is 31.8 Å². The van der Waals surface area contributed by atoms with Gasteiger partial charge < -0.3 is 14.8 Å². The number of hydrogen-bond donors (Lipinski definition) is 1. The van der Waals surface area contributed by atoms with Crippen molar-refractivity contribution >= 4 is 11.8 Å². The molecule has 4 heteroatoms. The fourth-order valence-corrected chi connectivity index (χ4v) is 2.61. The lowest BCUT2D eigenvalue weighted by molar-refractivity contribution is 0.287. The van der Waals surface area contributed by atoms with Crippen molar-refractivity contribution < 1.29 is 9.47 Å². The molecule has 1 rings (SSSR count). The molecule has 1 aromatic rings. The molecule has 0 aliphatic heterocycles. The predicted molar refractivity (Wildman–Crippen MR) is 83.6 cm³/mol. The van der Waals surface area contributed by atoms with Crippen LogP contribution in [0.5, 0.6) is 11.5 Å². The lowest BCUT2D eigenvalue weighted by Crippen LogP contribution is -2.22. The molecule has 1 N–H and O–H groups in total. The summed E-state index contributed by atoms with van der Waals surface area (Å²) in [6.45, 7) is 8.37. The molecular formula is C15H25NO2S. The lowest BCUT2D eigenvalue weighted by atomic mass is 10.1. The predicted octanol–water partition coefficient (Wildman–Crippen LogP) is 3.50. The Bertz CT molecular complexity index is 365. The van der Waals surface area contributed by atoms with Crippen LogP contribution >= 0.6 is 11.8 Å². The van der Waals surface area contributed by atoms with Gasteiger partial charge in [0.1, 0.15) is 0 Å². The molecule has 19 heavy (non-hydrogen) atoms. The van der Waals surface area contributed by atoms with Crippen molar-refractivity contribution in [1.82, 2.24) is 5.32 Å². The second-order valence-electron chi connectivity index (χ2n) is 4.14. The van der Waals surface area contributed by atoms with Gasteiger partial charge in [-0.3, -0.25) is 0 Å². The molecule has 0 aromatic heterocycles. The molecule has 0 saturated carbocycles. The van der Waals surface area contributed by atoms with E-state index in [0.717, 1.165) is 23.8 Å². The molecule has 0 bridgehead atoms. The van der Waals surface area contributed by atoms with Crippen LogP contribution in [-0.4, -0.2) is 31.8 Å². The highest BCUT2D eigenvalue weighted by molar-refractivity contribution is 7.98. The van der Waals surface area contributed by atoms with E-state index in [0.29, 0.717) is 19.3 Å². The molecular weight excluding hydrogens is 258 g/mol. The molecule has 0 aliphatic rings. The van der Waals surface area contributed by atoms with E-state index >= 15 is 0 Å². The number of hydrogen-bond acceptors (Lipinski definition) is 4. The summed E-state index contributed by atoms with van der Waals surface area (Å²) in [5, 5.41) is 3.50. The molecule has 0 fully saturated rings. The molecule has 0 saturated heterocycles. The summed E-state index contributed by atoms with van der Waals surface area (Å²) < 4.78 is 11.3. The monoisotopic (exact) mass is 283 g/mol. The lowest BCUT2D eigenvalue weighted by Gasteiger charge is -2.19. The second-order valence-corrected chi connectivity index (χ2v) is 5.05. The third-order valence-corrected chi connectivity index (χ3v) is 3.42. The first-order valence-electron chi connectivity index (χ1n) is 6.88. The van der Waals surface area contributed by atoms with Gasteiger partial charge in [-0.2, -0.15) is 11.8 Å². The van der Waals surface area contributed by atoms with Gasteiger partial charge in [-0.25, -0.2) is 0 Å². The van der Waals surface area contributed by atoms with E-state index in [1.807, 2.05) is 31.7 Å². The van der Waals surface area contributed by atoms with Gasteiger partial charge in [0, 0.05) is 11.8 Å². The molecule has 3 nitrogen and oxygen atoms in total. The Morgan fingerprint density at radius 1 is 1.11 bits per heavy atom. The van der Waals surface area contributed by atoms with Gasteiger partial charge in [-0.1, -0.05) is 13.0 Å². The van der Waals surface area contributed by atoms with Gasteiger partial charge in [-0.05, 0) is 44.3 Å². The van der Waals surface area contributed by atoms with Crippen molar-refractivity contribution in [2.24, 2.45) is 0 Å². The first kappa shape index (κ1) is 16.2. The topological polar surface area (TPSA) is 30.5 Å². The standard InChI is InChI=1S/C15H25NO2S/c1-5-16-13(11-19-4)12-8-9-14(17-6-2)15(10-12)18-7-3/h8-10,13,16H,5-7,11H2,1-4H3. The van der Waals surface area contributed by atoms with Crippen LogP contribution in [-0.2, 0) is 0 Å². The third-order valence-electron chi connectivity index (χ3n) is 2.75. The first-order chi connectivity index (χ1) is 9.26. The summed E-state index contributed by atoms with van der Waals surface area (Å²) in [6, 6.07) is 6.58. The van der Waals surface area contributed by atoms with Crippen molar-refractivity contribution in [2.45, 2.75) is 26.8 Å². The van der Waals surface area contributed by atoms with Crippen LogP contribution in [0.2, 0.25) is 0 Å². The van der Waals surface area contributed by atoms with Crippen molar-refractivity contribution in [3.8, 4) is 11.5 Å². The molecule has 1 aromatic carbocycles. The summed E-state index contributed by atoms with van der Waals surface area (Å²) in [5.74, 6) is 2.71. The van der Waals surface area contributed by atoms with Gasteiger partial charge >= 0.3 is 0 Å². The maximum atomic E-state index is 5.68. The zero-order valence-electron chi connectivity index (χ0n) is 12.4. The summed E-state index contributed by atoms with van der Waals surface area (Å²) in [6.07, 6.45) is 2.13. The molecule has 0 heterocycles. The van der Waals surface area contributed by atoms with Crippen LogP contribution in [0.3, 0.4) is 0 Å². The summed E-state index contributed by atoms with van der Waals surface area (Å²) >= 11 is 1.84. The fourth-order valence-electron chi connectivity index (χ4n) is 1.97. The number of nitrogens with one attached hydrogen (secondary N) is 1. The van der Waals surface area contributed by atoms with Gasteiger partial charge in [0.2, 0.25) is 0 Å². The highest BCUT2D eigenvalue weighted by Crippen LogP contribution is 2.31. The van der Waals surface area contributed by atoms with Gasteiger partial charge in [-0.15, -0.1) is 0 Å². The van der Waals surface area contributed by atoms with Crippen LogP contribution in [0.25, 0.3) is 0 Å². The molecule has 0 amide bonds. The summed E-state index contributed by atoms with van der Waals surface area (Å²) in [4.78, 5) is 0. The van der Waals surface area contributed by atoms with Crippen molar-refractivity contribution in [3.63, 3.8) is 0 Å². The number of benzene rings is 1. The highest BCUT2D eigenvalue weighted by Gasteiger charge is 2.13. The molecule has 1 atom stereocenters. The Morgan fingerprint density at radius 3 is 2.37 bits per heavy atom. The van der Waals surface area contributed by atoms with Gasteiger partial charge in [0.05, 0.1) is 13.2 Å². The van der Waals surface area contributed by atoms with Crippen LogP contribution in [0.1, 0.15) is 32.4 Å². The molecule has 0 aliphatic carbocycles. The average Bonchev–Trinajstić information content (AvgIpc) is 2.41. The average molecular weight is 283 g/mol. The van der Waals surface area contributed by atoms with E-state index in [9.17, 15) is 0 Å². The molecule has 0 spiro atoms. The van der Waals surface area contributed by atoms with Crippen molar-refractivity contribution in [3.05, 3.63) is 23.8 Å². The zero-order valence-corrected chi connectivity index (χ0v) is 13.2. The summed E-state index contributed by atoms with van der Waals surface area (Å²) in [5.41, 5.74) is 1.25. The molecule has 0 radical (unpaired) electrons. The minimum Gasteiger partial charge on any atom is -0.490 e. The Hall–Kier alpha value is -0.870. The number of thioether (sulfide) groups is 1. The minimum atomic E-state index is 0.356. The van der Waals surface area contributed by atoms with E-state index in [-0.39, 0.29) is 0 Å². The number of rotatable bonds is 9. The van der Waals surface area contributed by atoms with E-state index in [1.165, 1.54) is 5.56 Å². The maximum absolute atomic E-state index is 5.68. The zero-order chi connectivity index (χ0) is 14.1. The smallest absolute Gasteiger partial charge is 0.161 e.